The molecule has 1 aliphatic heterocycles. The van der Waals surface area contributed by atoms with Gasteiger partial charge in [0.15, 0.2) is 0 Å². The van der Waals surface area contributed by atoms with Crippen LogP contribution in [0.3, 0.4) is 0 Å². The monoisotopic (exact) mass is 209 g/mol. The van der Waals surface area contributed by atoms with Crippen LogP contribution in [-0.4, -0.2) is 5.54 Å². The van der Waals surface area contributed by atoms with E-state index in [0.29, 0.717) is 0 Å². The standard InChI is InChI=1S/C12H16ClN/c1-8-6-11-9(7-10(8)13)4-5-12(2,3)14-11/h6-7,14H,4-5H2,1-3H3. The number of fused-ring (bicyclic) bond motifs is 1. The van der Waals surface area contributed by atoms with E-state index in [-0.39, 0.29) is 5.54 Å². The minimum absolute atomic E-state index is 0.216. The van der Waals surface area contributed by atoms with E-state index in [1.54, 1.807) is 0 Å². The zero-order valence-corrected chi connectivity index (χ0v) is 9.70. The van der Waals surface area contributed by atoms with Crippen molar-refractivity contribution in [3.05, 3.63) is 28.3 Å². The van der Waals surface area contributed by atoms with Gasteiger partial charge in [-0.25, -0.2) is 0 Å². The summed E-state index contributed by atoms with van der Waals surface area (Å²) in [5.41, 5.74) is 3.96. The highest BCUT2D eigenvalue weighted by atomic mass is 35.5. The maximum atomic E-state index is 6.09. The fraction of sp³-hybridized carbons (Fsp3) is 0.500. The number of nitrogens with one attached hydrogen (secondary N) is 1. The molecule has 0 amide bonds. The van der Waals surface area contributed by atoms with E-state index in [1.807, 2.05) is 6.92 Å². The summed E-state index contributed by atoms with van der Waals surface area (Å²) in [4.78, 5) is 0. The first kappa shape index (κ1) is 9.85. The molecule has 1 aromatic rings. The Balaban J connectivity index is 2.43. The number of anilines is 1. The highest BCUT2D eigenvalue weighted by Gasteiger charge is 2.24. The van der Waals surface area contributed by atoms with Crippen LogP contribution in [0, 0.1) is 6.92 Å². The van der Waals surface area contributed by atoms with Gasteiger partial charge in [-0.05, 0) is 56.9 Å². The second-order valence-corrected chi connectivity index (χ2v) is 5.17. The number of aryl methyl sites for hydroxylation is 2. The van der Waals surface area contributed by atoms with E-state index in [0.717, 1.165) is 17.0 Å². The van der Waals surface area contributed by atoms with Crippen molar-refractivity contribution in [2.45, 2.75) is 39.2 Å². The Morgan fingerprint density at radius 1 is 1.36 bits per heavy atom. The molecule has 0 unspecified atom stereocenters. The summed E-state index contributed by atoms with van der Waals surface area (Å²) in [7, 11) is 0. The lowest BCUT2D eigenvalue weighted by molar-refractivity contribution is 0.502. The maximum Gasteiger partial charge on any atom is 0.0439 e. The molecule has 0 aliphatic carbocycles. The van der Waals surface area contributed by atoms with Gasteiger partial charge in [0.2, 0.25) is 0 Å². The van der Waals surface area contributed by atoms with Crippen molar-refractivity contribution in [2.24, 2.45) is 0 Å². The van der Waals surface area contributed by atoms with Crippen LogP contribution in [-0.2, 0) is 6.42 Å². The Bertz CT molecular complexity index is 369. The van der Waals surface area contributed by atoms with Crippen LogP contribution >= 0.6 is 11.6 Å². The molecule has 1 heterocycles. The predicted molar refractivity (Wildman–Crippen MR) is 62.2 cm³/mol. The first-order valence-electron chi connectivity index (χ1n) is 5.05. The molecule has 1 aliphatic rings. The SMILES string of the molecule is Cc1cc2c(cc1Cl)CCC(C)(C)N2. The number of hydrogen-bond acceptors (Lipinski definition) is 1. The average Bonchev–Trinajstić information content (AvgIpc) is 2.07. The Hall–Kier alpha value is -0.690. The summed E-state index contributed by atoms with van der Waals surface area (Å²) in [5, 5.41) is 4.43. The molecule has 1 nitrogen and oxygen atoms in total. The molecular formula is C12H16ClN. The molecule has 2 rings (SSSR count). The molecule has 0 aromatic heterocycles. The van der Waals surface area contributed by atoms with Crippen molar-refractivity contribution < 1.29 is 0 Å². The predicted octanol–water partition coefficient (Wildman–Crippen LogP) is 3.79. The molecule has 0 radical (unpaired) electrons. The van der Waals surface area contributed by atoms with Crippen LogP contribution in [0.4, 0.5) is 5.69 Å². The van der Waals surface area contributed by atoms with Crippen LogP contribution in [0.5, 0.6) is 0 Å². The summed E-state index contributed by atoms with van der Waals surface area (Å²) in [5.74, 6) is 0. The van der Waals surface area contributed by atoms with Crippen molar-refractivity contribution in [3.63, 3.8) is 0 Å². The second-order valence-electron chi connectivity index (χ2n) is 4.77. The number of halogens is 1. The van der Waals surface area contributed by atoms with Crippen molar-refractivity contribution in [2.75, 3.05) is 5.32 Å². The van der Waals surface area contributed by atoms with Crippen molar-refractivity contribution in [1.82, 2.24) is 0 Å². The van der Waals surface area contributed by atoms with Gasteiger partial charge in [-0.3, -0.25) is 0 Å². The molecule has 0 saturated carbocycles. The molecule has 0 bridgehead atoms. The summed E-state index contributed by atoms with van der Waals surface area (Å²) in [6.45, 7) is 6.52. The van der Waals surface area contributed by atoms with Crippen LogP contribution < -0.4 is 5.32 Å². The summed E-state index contributed by atoms with van der Waals surface area (Å²) < 4.78 is 0. The lowest BCUT2D eigenvalue weighted by Gasteiger charge is -2.34. The quantitative estimate of drug-likeness (QED) is 0.686. The molecule has 0 spiro atoms. The van der Waals surface area contributed by atoms with Gasteiger partial charge >= 0.3 is 0 Å². The number of rotatable bonds is 0. The zero-order valence-electron chi connectivity index (χ0n) is 8.95. The van der Waals surface area contributed by atoms with Crippen molar-refractivity contribution >= 4 is 17.3 Å². The molecule has 1 aromatic carbocycles. The van der Waals surface area contributed by atoms with Gasteiger partial charge in [0, 0.05) is 16.2 Å². The third-order valence-corrected chi connectivity index (χ3v) is 3.28. The molecule has 0 saturated heterocycles. The van der Waals surface area contributed by atoms with E-state index in [9.17, 15) is 0 Å². The largest absolute Gasteiger partial charge is 0.380 e. The Labute approximate surface area is 90.5 Å². The van der Waals surface area contributed by atoms with E-state index in [4.69, 9.17) is 11.6 Å². The molecule has 2 heteroatoms. The van der Waals surface area contributed by atoms with Gasteiger partial charge in [0.05, 0.1) is 0 Å². The fourth-order valence-corrected chi connectivity index (χ4v) is 2.11. The summed E-state index contributed by atoms with van der Waals surface area (Å²) in [6.07, 6.45) is 2.29. The van der Waals surface area contributed by atoms with Crippen molar-refractivity contribution in [3.8, 4) is 0 Å². The zero-order chi connectivity index (χ0) is 10.3. The highest BCUT2D eigenvalue weighted by molar-refractivity contribution is 6.31. The topological polar surface area (TPSA) is 12.0 Å². The van der Waals surface area contributed by atoms with E-state index >= 15 is 0 Å². The van der Waals surface area contributed by atoms with Crippen LogP contribution in [0.15, 0.2) is 12.1 Å². The molecule has 76 valence electrons. The lowest BCUT2D eigenvalue weighted by atomic mass is 9.89. The molecule has 14 heavy (non-hydrogen) atoms. The first-order valence-corrected chi connectivity index (χ1v) is 5.43. The summed E-state index contributed by atoms with van der Waals surface area (Å²) >= 11 is 6.09. The van der Waals surface area contributed by atoms with E-state index < -0.39 is 0 Å². The minimum Gasteiger partial charge on any atom is -0.380 e. The van der Waals surface area contributed by atoms with Gasteiger partial charge in [0.1, 0.15) is 0 Å². The third kappa shape index (κ3) is 1.74. The minimum atomic E-state index is 0.216. The Morgan fingerprint density at radius 2 is 2.07 bits per heavy atom. The Kier molecular flexibility index (Phi) is 2.23. The third-order valence-electron chi connectivity index (χ3n) is 2.88. The van der Waals surface area contributed by atoms with Gasteiger partial charge in [-0.15, -0.1) is 0 Å². The van der Waals surface area contributed by atoms with Gasteiger partial charge in [0.25, 0.3) is 0 Å². The van der Waals surface area contributed by atoms with Gasteiger partial charge in [-0.1, -0.05) is 11.6 Å². The van der Waals surface area contributed by atoms with E-state index in [2.05, 4.69) is 31.3 Å². The number of hydrogen-bond donors (Lipinski definition) is 1. The van der Waals surface area contributed by atoms with Crippen molar-refractivity contribution in [1.29, 1.82) is 0 Å². The molecular weight excluding hydrogens is 194 g/mol. The summed E-state index contributed by atoms with van der Waals surface area (Å²) in [6, 6.07) is 4.24. The first-order chi connectivity index (χ1) is 6.48. The molecule has 1 N–H and O–H groups in total. The van der Waals surface area contributed by atoms with E-state index in [1.165, 1.54) is 17.7 Å². The highest BCUT2D eigenvalue weighted by Crippen LogP contribution is 2.33. The average molecular weight is 210 g/mol. The lowest BCUT2D eigenvalue weighted by Crippen LogP contribution is -2.35. The Morgan fingerprint density at radius 3 is 2.79 bits per heavy atom. The maximum absolute atomic E-state index is 6.09. The smallest absolute Gasteiger partial charge is 0.0439 e. The fourth-order valence-electron chi connectivity index (χ4n) is 1.92. The van der Waals surface area contributed by atoms with Crippen LogP contribution in [0.2, 0.25) is 5.02 Å². The normalized spacial score (nSPS) is 18.6. The van der Waals surface area contributed by atoms with Gasteiger partial charge in [-0.2, -0.15) is 0 Å². The number of benzene rings is 1. The second kappa shape index (κ2) is 3.16. The van der Waals surface area contributed by atoms with Gasteiger partial charge < -0.3 is 5.32 Å². The molecule has 0 atom stereocenters. The van der Waals surface area contributed by atoms with Crippen LogP contribution in [0.25, 0.3) is 0 Å². The molecule has 0 fully saturated rings. The van der Waals surface area contributed by atoms with Crippen LogP contribution in [0.1, 0.15) is 31.4 Å².